The molecule has 1 heterocycles. The van der Waals surface area contributed by atoms with Gasteiger partial charge >= 0.3 is 5.97 Å². The van der Waals surface area contributed by atoms with Gasteiger partial charge in [0.05, 0.1) is 12.1 Å². The number of carbonyl (C=O) groups is 1. The summed E-state index contributed by atoms with van der Waals surface area (Å²) in [5.41, 5.74) is 0.142. The Labute approximate surface area is 102 Å². The average molecular weight is 252 g/mol. The molecule has 0 radical (unpaired) electrons. The molecular formula is C12H10ClNO3. The van der Waals surface area contributed by atoms with Gasteiger partial charge in [-0.25, -0.2) is 4.79 Å². The third-order valence-electron chi connectivity index (χ3n) is 2.36. The van der Waals surface area contributed by atoms with E-state index in [0.29, 0.717) is 10.9 Å². The highest BCUT2D eigenvalue weighted by atomic mass is 35.5. The van der Waals surface area contributed by atoms with Gasteiger partial charge in [-0.05, 0) is 19.1 Å². The number of hydrogen-bond donors (Lipinski definition) is 0. The Bertz CT molecular complexity index is 633. The van der Waals surface area contributed by atoms with Gasteiger partial charge in [0, 0.05) is 23.4 Å². The molecule has 1 aromatic heterocycles. The summed E-state index contributed by atoms with van der Waals surface area (Å²) in [7, 11) is 0. The van der Waals surface area contributed by atoms with Crippen molar-refractivity contribution in [2.45, 2.75) is 6.92 Å². The maximum atomic E-state index is 12.0. The predicted octanol–water partition coefficient (Wildman–Crippen LogP) is 2.18. The first-order chi connectivity index (χ1) is 8.15. The Morgan fingerprint density at radius 3 is 2.82 bits per heavy atom. The van der Waals surface area contributed by atoms with Crippen molar-refractivity contribution < 1.29 is 9.53 Å². The average Bonchev–Trinajstić information content (AvgIpc) is 2.34. The monoisotopic (exact) mass is 251 g/mol. The summed E-state index contributed by atoms with van der Waals surface area (Å²) in [6, 6.07) is 6.82. The summed E-state index contributed by atoms with van der Waals surface area (Å²) in [6.45, 7) is 1.89. The fourth-order valence-electron chi connectivity index (χ4n) is 1.59. The van der Waals surface area contributed by atoms with Gasteiger partial charge in [-0.1, -0.05) is 12.1 Å². The second-order valence-electron chi connectivity index (χ2n) is 3.42. The lowest BCUT2D eigenvalue weighted by atomic mass is 10.1. The summed E-state index contributed by atoms with van der Waals surface area (Å²) in [5.74, 6) is -0.655. The van der Waals surface area contributed by atoms with E-state index in [4.69, 9.17) is 16.5 Å². The van der Waals surface area contributed by atoms with E-state index in [2.05, 4.69) is 0 Å². The minimum absolute atomic E-state index is 0.0550. The fraction of sp³-hybridized carbons (Fsp3) is 0.167. The predicted molar refractivity (Wildman–Crippen MR) is 65.4 cm³/mol. The minimum Gasteiger partial charge on any atom is -0.462 e. The summed E-state index contributed by atoms with van der Waals surface area (Å²) in [5, 5.41) is 0.396. The molecule has 5 heteroatoms. The molecule has 0 atom stereocenters. The molecule has 0 fully saturated rings. The lowest BCUT2D eigenvalue weighted by Crippen LogP contribution is -2.19. The number of aromatic nitrogens is 1. The zero-order valence-corrected chi connectivity index (χ0v) is 9.90. The van der Waals surface area contributed by atoms with Crippen molar-refractivity contribution in [2.75, 3.05) is 6.61 Å². The number of hydrogen-bond acceptors (Lipinski definition) is 3. The van der Waals surface area contributed by atoms with Crippen LogP contribution in [0.15, 0.2) is 35.3 Å². The zero-order valence-electron chi connectivity index (χ0n) is 9.14. The summed E-state index contributed by atoms with van der Waals surface area (Å²) < 4.78 is 6.03. The topological polar surface area (TPSA) is 48.3 Å². The number of esters is 1. The molecule has 0 bridgehead atoms. The van der Waals surface area contributed by atoms with Crippen molar-refractivity contribution >= 4 is 28.6 Å². The molecule has 0 aliphatic rings. The number of benzene rings is 1. The molecule has 88 valence electrons. The van der Waals surface area contributed by atoms with Gasteiger partial charge in [-0.15, -0.1) is 0 Å². The Hall–Kier alpha value is -1.81. The van der Waals surface area contributed by atoms with E-state index in [9.17, 15) is 9.59 Å². The van der Waals surface area contributed by atoms with E-state index in [1.54, 1.807) is 31.2 Å². The molecular weight excluding hydrogens is 242 g/mol. The number of para-hydroxylation sites is 1. The van der Waals surface area contributed by atoms with Crippen molar-refractivity contribution in [1.82, 2.24) is 4.09 Å². The first kappa shape index (κ1) is 11.7. The number of fused-ring (bicyclic) bond motifs is 1. The van der Waals surface area contributed by atoms with E-state index in [0.717, 1.165) is 0 Å². The Kier molecular flexibility index (Phi) is 3.15. The van der Waals surface area contributed by atoms with Crippen LogP contribution in [0, 0.1) is 0 Å². The van der Waals surface area contributed by atoms with Crippen LogP contribution in [-0.4, -0.2) is 16.7 Å². The highest BCUT2D eigenvalue weighted by molar-refractivity contribution is 6.19. The van der Waals surface area contributed by atoms with Crippen LogP contribution >= 0.6 is 11.8 Å². The second kappa shape index (κ2) is 4.59. The molecule has 0 spiro atoms. The van der Waals surface area contributed by atoms with Crippen LogP contribution in [0.3, 0.4) is 0 Å². The van der Waals surface area contributed by atoms with Gasteiger partial charge < -0.3 is 4.74 Å². The van der Waals surface area contributed by atoms with Crippen LogP contribution in [0.25, 0.3) is 10.9 Å². The van der Waals surface area contributed by atoms with Gasteiger partial charge in [0.15, 0.2) is 0 Å². The van der Waals surface area contributed by atoms with Gasteiger partial charge in [-0.2, -0.15) is 0 Å². The van der Waals surface area contributed by atoms with Crippen molar-refractivity contribution in [2.24, 2.45) is 0 Å². The molecule has 17 heavy (non-hydrogen) atoms. The number of carbonyl (C=O) groups excluding carboxylic acids is 1. The van der Waals surface area contributed by atoms with Crippen LogP contribution in [0.5, 0.6) is 0 Å². The maximum Gasteiger partial charge on any atom is 0.343 e. The largest absolute Gasteiger partial charge is 0.462 e. The summed E-state index contributed by atoms with van der Waals surface area (Å²) >= 11 is 5.95. The van der Waals surface area contributed by atoms with Crippen molar-refractivity contribution in [1.29, 1.82) is 0 Å². The van der Waals surface area contributed by atoms with E-state index < -0.39 is 5.97 Å². The van der Waals surface area contributed by atoms with Crippen molar-refractivity contribution in [3.8, 4) is 0 Å². The smallest absolute Gasteiger partial charge is 0.343 e. The summed E-state index contributed by atoms with van der Waals surface area (Å²) in [6.07, 6.45) is 1.28. The van der Waals surface area contributed by atoms with E-state index in [-0.39, 0.29) is 17.6 Å². The first-order valence-corrected chi connectivity index (χ1v) is 5.46. The number of pyridine rings is 1. The van der Waals surface area contributed by atoms with E-state index >= 15 is 0 Å². The third kappa shape index (κ3) is 2.03. The quantitative estimate of drug-likeness (QED) is 0.769. The van der Waals surface area contributed by atoms with Crippen molar-refractivity contribution in [3.05, 3.63) is 46.2 Å². The number of nitrogens with zero attached hydrogens (tertiary/aromatic N) is 1. The van der Waals surface area contributed by atoms with E-state index in [1.165, 1.54) is 10.3 Å². The van der Waals surface area contributed by atoms with E-state index in [1.807, 2.05) is 0 Å². The molecule has 0 aliphatic carbocycles. The Balaban J connectivity index is 2.71. The van der Waals surface area contributed by atoms with Gasteiger partial charge in [0.25, 0.3) is 0 Å². The number of rotatable bonds is 2. The zero-order chi connectivity index (χ0) is 12.4. The second-order valence-corrected chi connectivity index (χ2v) is 3.78. The highest BCUT2D eigenvalue weighted by Gasteiger charge is 2.15. The SMILES string of the molecule is CCOC(=O)c1cn(Cl)c2ccccc2c1=O. The summed E-state index contributed by atoms with van der Waals surface area (Å²) in [4.78, 5) is 23.6. The maximum absolute atomic E-state index is 12.0. The lowest BCUT2D eigenvalue weighted by molar-refractivity contribution is 0.0524. The fourth-order valence-corrected chi connectivity index (χ4v) is 1.84. The molecule has 0 saturated heterocycles. The van der Waals surface area contributed by atoms with Gasteiger partial charge in [0.2, 0.25) is 5.43 Å². The molecule has 1 aromatic carbocycles. The molecule has 0 N–H and O–H groups in total. The molecule has 0 saturated carbocycles. The van der Waals surface area contributed by atoms with Crippen LogP contribution in [-0.2, 0) is 4.74 Å². The van der Waals surface area contributed by atoms with Crippen LogP contribution in [0.1, 0.15) is 17.3 Å². The molecule has 0 unspecified atom stereocenters. The normalized spacial score (nSPS) is 10.5. The van der Waals surface area contributed by atoms with Crippen LogP contribution in [0.2, 0.25) is 0 Å². The first-order valence-electron chi connectivity index (χ1n) is 5.13. The van der Waals surface area contributed by atoms with Crippen molar-refractivity contribution in [3.63, 3.8) is 0 Å². The molecule has 0 amide bonds. The Morgan fingerprint density at radius 2 is 2.12 bits per heavy atom. The standard InChI is InChI=1S/C12H10ClNO3/c1-2-17-12(16)9-7-14(13)10-6-4-3-5-8(10)11(9)15/h3-7H,2H2,1H3. The lowest BCUT2D eigenvalue weighted by Gasteiger charge is -2.06. The number of halogens is 1. The van der Waals surface area contributed by atoms with Crippen LogP contribution < -0.4 is 5.43 Å². The molecule has 4 nitrogen and oxygen atoms in total. The third-order valence-corrected chi connectivity index (χ3v) is 2.64. The molecule has 0 aliphatic heterocycles. The number of ether oxygens (including phenoxy) is 1. The molecule has 2 aromatic rings. The molecule has 2 rings (SSSR count). The van der Waals surface area contributed by atoms with Gasteiger partial charge in [-0.3, -0.25) is 8.88 Å². The highest BCUT2D eigenvalue weighted by Crippen LogP contribution is 2.13. The van der Waals surface area contributed by atoms with Gasteiger partial charge in [0.1, 0.15) is 5.56 Å². The minimum atomic E-state index is -0.655. The van der Waals surface area contributed by atoms with Crippen LogP contribution in [0.4, 0.5) is 0 Å². The Morgan fingerprint density at radius 1 is 1.41 bits per heavy atom.